The normalized spacial score (nSPS) is 15.3. The average molecular weight is 272 g/mol. The SMILES string of the molecule is COC(C)CS(=O)(=O)NCC(N)c1ccccc1. The molecule has 1 rings (SSSR count). The molecule has 0 aliphatic heterocycles. The second kappa shape index (κ2) is 6.84. The van der Waals surface area contributed by atoms with Crippen molar-refractivity contribution in [3.8, 4) is 0 Å². The summed E-state index contributed by atoms with van der Waals surface area (Å²) in [6.07, 6.45) is -0.338. The first-order valence-corrected chi connectivity index (χ1v) is 7.40. The van der Waals surface area contributed by atoms with Gasteiger partial charge in [-0.1, -0.05) is 30.3 Å². The van der Waals surface area contributed by atoms with Crippen LogP contribution in [-0.4, -0.2) is 33.9 Å². The van der Waals surface area contributed by atoms with Crippen molar-refractivity contribution >= 4 is 10.0 Å². The minimum absolute atomic E-state index is 0.0645. The summed E-state index contributed by atoms with van der Waals surface area (Å²) < 4.78 is 30.8. The van der Waals surface area contributed by atoms with Crippen LogP contribution in [0.4, 0.5) is 0 Å². The Hall–Kier alpha value is -0.950. The molecule has 2 atom stereocenters. The van der Waals surface area contributed by atoms with Gasteiger partial charge in [0.25, 0.3) is 0 Å². The van der Waals surface area contributed by atoms with E-state index < -0.39 is 10.0 Å². The summed E-state index contributed by atoms with van der Waals surface area (Å²) in [7, 11) is -1.87. The Morgan fingerprint density at radius 2 is 1.94 bits per heavy atom. The number of benzene rings is 1. The highest BCUT2D eigenvalue weighted by molar-refractivity contribution is 7.89. The smallest absolute Gasteiger partial charge is 0.214 e. The maximum Gasteiger partial charge on any atom is 0.214 e. The lowest BCUT2D eigenvalue weighted by molar-refractivity contribution is 0.136. The molecule has 0 saturated carbocycles. The average Bonchev–Trinajstić information content (AvgIpc) is 2.36. The maximum atomic E-state index is 11.7. The fourth-order valence-corrected chi connectivity index (χ4v) is 2.78. The zero-order chi connectivity index (χ0) is 13.6. The van der Waals surface area contributed by atoms with Crippen molar-refractivity contribution in [1.82, 2.24) is 4.72 Å². The number of nitrogens with one attached hydrogen (secondary N) is 1. The van der Waals surface area contributed by atoms with Crippen molar-refractivity contribution in [1.29, 1.82) is 0 Å². The first-order valence-electron chi connectivity index (χ1n) is 5.75. The van der Waals surface area contributed by atoms with E-state index >= 15 is 0 Å². The molecule has 2 unspecified atom stereocenters. The molecule has 0 bridgehead atoms. The lowest BCUT2D eigenvalue weighted by atomic mass is 10.1. The van der Waals surface area contributed by atoms with E-state index in [9.17, 15) is 8.42 Å². The standard InChI is InChI=1S/C12H20N2O3S/c1-10(17-2)9-18(15,16)14-8-12(13)11-6-4-3-5-7-11/h3-7,10,12,14H,8-9,13H2,1-2H3. The monoisotopic (exact) mass is 272 g/mol. The van der Waals surface area contributed by atoms with E-state index in [-0.39, 0.29) is 24.4 Å². The molecule has 0 spiro atoms. The highest BCUT2D eigenvalue weighted by Gasteiger charge is 2.16. The maximum absolute atomic E-state index is 11.7. The number of sulfonamides is 1. The molecule has 0 radical (unpaired) electrons. The topological polar surface area (TPSA) is 81.4 Å². The number of methoxy groups -OCH3 is 1. The predicted octanol–water partition coefficient (Wildman–Crippen LogP) is 0.641. The highest BCUT2D eigenvalue weighted by Crippen LogP contribution is 2.08. The summed E-state index contributed by atoms with van der Waals surface area (Å²) in [5, 5.41) is 0. The van der Waals surface area contributed by atoms with Crippen LogP contribution in [-0.2, 0) is 14.8 Å². The minimum atomic E-state index is -3.35. The van der Waals surface area contributed by atoms with Gasteiger partial charge in [0.1, 0.15) is 0 Å². The third-order valence-corrected chi connectivity index (χ3v) is 4.12. The van der Waals surface area contributed by atoms with Gasteiger partial charge in [-0.05, 0) is 12.5 Å². The first kappa shape index (κ1) is 15.1. The third-order valence-electron chi connectivity index (χ3n) is 2.61. The van der Waals surface area contributed by atoms with E-state index in [4.69, 9.17) is 10.5 Å². The zero-order valence-electron chi connectivity index (χ0n) is 10.7. The fraction of sp³-hybridized carbons (Fsp3) is 0.500. The third kappa shape index (κ3) is 5.14. The van der Waals surface area contributed by atoms with Gasteiger partial charge in [-0.2, -0.15) is 0 Å². The van der Waals surface area contributed by atoms with Gasteiger partial charge in [0.05, 0.1) is 11.9 Å². The van der Waals surface area contributed by atoms with Gasteiger partial charge in [0.15, 0.2) is 0 Å². The van der Waals surface area contributed by atoms with Crippen LogP contribution in [0.2, 0.25) is 0 Å². The molecular formula is C12H20N2O3S. The zero-order valence-corrected chi connectivity index (χ0v) is 11.5. The van der Waals surface area contributed by atoms with E-state index in [1.54, 1.807) is 6.92 Å². The minimum Gasteiger partial charge on any atom is -0.381 e. The number of hydrogen-bond acceptors (Lipinski definition) is 4. The number of nitrogens with two attached hydrogens (primary N) is 1. The van der Waals surface area contributed by atoms with Crippen LogP contribution in [0.1, 0.15) is 18.5 Å². The van der Waals surface area contributed by atoms with Crippen LogP contribution in [0.25, 0.3) is 0 Å². The van der Waals surface area contributed by atoms with Gasteiger partial charge < -0.3 is 10.5 Å². The Morgan fingerprint density at radius 3 is 2.50 bits per heavy atom. The number of rotatable bonds is 7. The molecule has 5 nitrogen and oxygen atoms in total. The van der Waals surface area contributed by atoms with Gasteiger partial charge in [-0.3, -0.25) is 0 Å². The summed E-state index contributed by atoms with van der Waals surface area (Å²) in [5.74, 6) is -0.0645. The van der Waals surface area contributed by atoms with Crippen LogP contribution in [0.5, 0.6) is 0 Å². The number of hydrogen-bond donors (Lipinski definition) is 2. The summed E-state index contributed by atoms with van der Waals surface area (Å²) >= 11 is 0. The van der Waals surface area contributed by atoms with Crippen LogP contribution >= 0.6 is 0 Å². The highest BCUT2D eigenvalue weighted by atomic mass is 32.2. The number of ether oxygens (including phenoxy) is 1. The Morgan fingerprint density at radius 1 is 1.33 bits per heavy atom. The van der Waals surface area contributed by atoms with Crippen molar-refractivity contribution in [2.24, 2.45) is 5.73 Å². The van der Waals surface area contributed by atoms with Crippen LogP contribution in [0, 0.1) is 0 Å². The Balaban J connectivity index is 2.50. The Bertz CT molecular complexity index is 448. The fourth-order valence-electron chi connectivity index (χ4n) is 1.47. The predicted molar refractivity (Wildman–Crippen MR) is 71.6 cm³/mol. The van der Waals surface area contributed by atoms with E-state index in [1.807, 2.05) is 30.3 Å². The molecule has 0 heterocycles. The van der Waals surface area contributed by atoms with Crippen molar-refractivity contribution in [2.75, 3.05) is 19.4 Å². The summed E-state index contributed by atoms with van der Waals surface area (Å²) in [5.41, 5.74) is 6.81. The van der Waals surface area contributed by atoms with Gasteiger partial charge in [-0.25, -0.2) is 13.1 Å². The van der Waals surface area contributed by atoms with E-state index in [1.165, 1.54) is 7.11 Å². The van der Waals surface area contributed by atoms with Crippen LogP contribution in [0.15, 0.2) is 30.3 Å². The molecule has 1 aromatic rings. The van der Waals surface area contributed by atoms with Crippen molar-refractivity contribution in [2.45, 2.75) is 19.1 Å². The first-order chi connectivity index (χ1) is 8.44. The van der Waals surface area contributed by atoms with Crippen molar-refractivity contribution < 1.29 is 13.2 Å². The second-order valence-corrected chi connectivity index (χ2v) is 6.04. The molecule has 18 heavy (non-hydrogen) atoms. The summed E-state index contributed by atoms with van der Waals surface area (Å²) in [6.45, 7) is 1.89. The van der Waals surface area contributed by atoms with E-state index in [0.717, 1.165) is 5.56 Å². The van der Waals surface area contributed by atoms with Gasteiger partial charge in [-0.15, -0.1) is 0 Å². The lowest BCUT2D eigenvalue weighted by Gasteiger charge is -2.15. The molecule has 102 valence electrons. The molecule has 0 saturated heterocycles. The van der Waals surface area contributed by atoms with Gasteiger partial charge in [0.2, 0.25) is 10.0 Å². The molecule has 6 heteroatoms. The van der Waals surface area contributed by atoms with E-state index in [2.05, 4.69) is 4.72 Å². The van der Waals surface area contributed by atoms with Crippen LogP contribution < -0.4 is 10.5 Å². The molecule has 0 aromatic heterocycles. The van der Waals surface area contributed by atoms with Crippen molar-refractivity contribution in [3.05, 3.63) is 35.9 Å². The quantitative estimate of drug-likeness (QED) is 0.763. The van der Waals surface area contributed by atoms with Crippen molar-refractivity contribution in [3.63, 3.8) is 0 Å². The van der Waals surface area contributed by atoms with Crippen LogP contribution in [0.3, 0.4) is 0 Å². The lowest BCUT2D eigenvalue weighted by Crippen LogP contribution is -2.36. The second-order valence-electron chi connectivity index (χ2n) is 4.19. The molecule has 1 aromatic carbocycles. The van der Waals surface area contributed by atoms with Gasteiger partial charge in [0, 0.05) is 19.7 Å². The Labute approximate surface area is 108 Å². The molecule has 0 aliphatic carbocycles. The molecule has 0 amide bonds. The summed E-state index contributed by atoms with van der Waals surface area (Å²) in [6, 6.07) is 9.03. The van der Waals surface area contributed by atoms with E-state index in [0.29, 0.717) is 0 Å². The molecule has 0 fully saturated rings. The van der Waals surface area contributed by atoms with Gasteiger partial charge >= 0.3 is 0 Å². The Kier molecular flexibility index (Phi) is 5.74. The largest absolute Gasteiger partial charge is 0.381 e. The summed E-state index contributed by atoms with van der Waals surface area (Å²) in [4.78, 5) is 0. The molecule has 0 aliphatic rings. The molecular weight excluding hydrogens is 252 g/mol. The molecule has 3 N–H and O–H groups in total.